The van der Waals surface area contributed by atoms with Crippen molar-refractivity contribution in [2.45, 2.75) is 0 Å². The zero-order chi connectivity index (χ0) is 11.8. The van der Waals surface area contributed by atoms with Gasteiger partial charge in [0.1, 0.15) is 5.82 Å². The molecule has 1 heterocycles. The van der Waals surface area contributed by atoms with Crippen LogP contribution in [0.15, 0.2) is 48.5 Å². The molecule has 1 aromatic heterocycles. The van der Waals surface area contributed by atoms with Crippen molar-refractivity contribution in [3.05, 3.63) is 59.4 Å². The molecule has 0 aliphatic rings. The fourth-order valence-corrected chi connectivity index (χ4v) is 2.10. The van der Waals surface area contributed by atoms with Gasteiger partial charge in [0.2, 0.25) is 0 Å². The van der Waals surface area contributed by atoms with E-state index in [-0.39, 0.29) is 5.82 Å². The molecule has 3 rings (SSSR count). The molecule has 0 bridgehead atoms. The number of aromatic amines is 1. The summed E-state index contributed by atoms with van der Waals surface area (Å²) in [5, 5.41) is 1.69. The molecule has 0 spiro atoms. The quantitative estimate of drug-likeness (QED) is 0.644. The summed E-state index contributed by atoms with van der Waals surface area (Å²) in [7, 11) is 0. The Hall–Kier alpha value is -1.80. The molecule has 3 heteroatoms. The average molecular weight is 246 g/mol. The Morgan fingerprint density at radius 3 is 2.65 bits per heavy atom. The molecule has 3 aromatic rings. The lowest BCUT2D eigenvalue weighted by molar-refractivity contribution is 0.631. The number of H-pyrrole nitrogens is 1. The standard InChI is InChI=1S/C14H9ClFN/c15-10-6-5-9-7-14(17-13(9)8-10)11-3-1-2-4-12(11)16/h1-8,17H. The molecule has 0 aliphatic carbocycles. The molecular weight excluding hydrogens is 237 g/mol. The molecular formula is C14H9ClFN. The van der Waals surface area contributed by atoms with Crippen LogP contribution in [0.2, 0.25) is 5.02 Å². The maximum atomic E-state index is 13.6. The van der Waals surface area contributed by atoms with Gasteiger partial charge in [-0.1, -0.05) is 29.8 Å². The number of rotatable bonds is 1. The lowest BCUT2D eigenvalue weighted by Crippen LogP contribution is -1.82. The number of halogens is 2. The number of nitrogens with one attached hydrogen (secondary N) is 1. The van der Waals surface area contributed by atoms with Crippen molar-refractivity contribution in [1.82, 2.24) is 4.98 Å². The molecule has 0 fully saturated rings. The normalized spacial score (nSPS) is 10.9. The Morgan fingerprint density at radius 2 is 1.82 bits per heavy atom. The van der Waals surface area contributed by atoms with Gasteiger partial charge in [0.05, 0.1) is 0 Å². The van der Waals surface area contributed by atoms with Gasteiger partial charge >= 0.3 is 0 Å². The molecule has 0 aliphatic heterocycles. The average Bonchev–Trinajstić information content (AvgIpc) is 2.72. The van der Waals surface area contributed by atoms with Crippen molar-refractivity contribution in [3.63, 3.8) is 0 Å². The van der Waals surface area contributed by atoms with E-state index in [2.05, 4.69) is 4.98 Å². The first-order valence-electron chi connectivity index (χ1n) is 5.27. The summed E-state index contributed by atoms with van der Waals surface area (Å²) >= 11 is 5.91. The Morgan fingerprint density at radius 1 is 1.00 bits per heavy atom. The fourth-order valence-electron chi connectivity index (χ4n) is 1.92. The van der Waals surface area contributed by atoms with E-state index < -0.39 is 0 Å². The minimum absolute atomic E-state index is 0.231. The first kappa shape index (κ1) is 10.4. The van der Waals surface area contributed by atoms with E-state index in [0.717, 1.165) is 16.6 Å². The van der Waals surface area contributed by atoms with Gasteiger partial charge < -0.3 is 4.98 Å². The van der Waals surface area contributed by atoms with Crippen molar-refractivity contribution in [2.24, 2.45) is 0 Å². The molecule has 0 amide bonds. The Labute approximate surface area is 103 Å². The second kappa shape index (κ2) is 3.90. The van der Waals surface area contributed by atoms with Gasteiger partial charge in [-0.3, -0.25) is 0 Å². The van der Waals surface area contributed by atoms with Crippen molar-refractivity contribution in [2.75, 3.05) is 0 Å². The lowest BCUT2D eigenvalue weighted by Gasteiger charge is -1.98. The summed E-state index contributed by atoms with van der Waals surface area (Å²) in [6, 6.07) is 14.2. The number of hydrogen-bond acceptors (Lipinski definition) is 0. The zero-order valence-corrected chi connectivity index (χ0v) is 9.63. The number of hydrogen-bond donors (Lipinski definition) is 1. The maximum absolute atomic E-state index is 13.6. The van der Waals surface area contributed by atoms with Gasteiger partial charge in [0.15, 0.2) is 0 Å². The monoisotopic (exact) mass is 245 g/mol. The molecule has 1 N–H and O–H groups in total. The SMILES string of the molecule is Fc1ccccc1-c1cc2ccc(Cl)cc2[nH]1. The third-order valence-electron chi connectivity index (χ3n) is 2.75. The Bertz CT molecular complexity index is 688. The van der Waals surface area contributed by atoms with Crippen LogP contribution in [0.4, 0.5) is 4.39 Å². The summed E-state index contributed by atoms with van der Waals surface area (Å²) in [6.45, 7) is 0. The Kier molecular flexibility index (Phi) is 2.37. The van der Waals surface area contributed by atoms with Crippen LogP contribution in [-0.4, -0.2) is 4.98 Å². The van der Waals surface area contributed by atoms with Crippen LogP contribution in [0, 0.1) is 5.82 Å². The lowest BCUT2D eigenvalue weighted by atomic mass is 10.1. The van der Waals surface area contributed by atoms with Crippen LogP contribution in [0.1, 0.15) is 0 Å². The maximum Gasteiger partial charge on any atom is 0.132 e. The summed E-state index contributed by atoms with van der Waals surface area (Å²) < 4.78 is 13.6. The highest BCUT2D eigenvalue weighted by Gasteiger charge is 2.07. The van der Waals surface area contributed by atoms with Gasteiger partial charge in [0.25, 0.3) is 0 Å². The van der Waals surface area contributed by atoms with Crippen LogP contribution < -0.4 is 0 Å². The second-order valence-electron chi connectivity index (χ2n) is 3.89. The molecule has 0 saturated carbocycles. The number of fused-ring (bicyclic) bond motifs is 1. The summed E-state index contributed by atoms with van der Waals surface area (Å²) in [6.07, 6.45) is 0. The minimum atomic E-state index is -0.231. The van der Waals surface area contributed by atoms with Gasteiger partial charge in [-0.2, -0.15) is 0 Å². The van der Waals surface area contributed by atoms with Crippen molar-refractivity contribution < 1.29 is 4.39 Å². The van der Waals surface area contributed by atoms with Crippen molar-refractivity contribution >= 4 is 22.5 Å². The summed E-state index contributed by atoms with van der Waals surface area (Å²) in [5.74, 6) is -0.231. The first-order chi connectivity index (χ1) is 8.24. The largest absolute Gasteiger partial charge is 0.354 e. The predicted molar refractivity (Wildman–Crippen MR) is 68.7 cm³/mol. The van der Waals surface area contributed by atoms with E-state index >= 15 is 0 Å². The minimum Gasteiger partial charge on any atom is -0.354 e. The highest BCUT2D eigenvalue weighted by atomic mass is 35.5. The smallest absolute Gasteiger partial charge is 0.132 e. The summed E-state index contributed by atoms with van der Waals surface area (Å²) in [5.41, 5.74) is 2.25. The highest BCUT2D eigenvalue weighted by Crippen LogP contribution is 2.27. The van der Waals surface area contributed by atoms with Gasteiger partial charge in [-0.15, -0.1) is 0 Å². The predicted octanol–water partition coefficient (Wildman–Crippen LogP) is 4.63. The third kappa shape index (κ3) is 1.81. The van der Waals surface area contributed by atoms with Crippen LogP contribution in [0.3, 0.4) is 0 Å². The van der Waals surface area contributed by atoms with Gasteiger partial charge in [-0.25, -0.2) is 4.39 Å². The molecule has 2 aromatic carbocycles. The molecule has 0 saturated heterocycles. The third-order valence-corrected chi connectivity index (χ3v) is 2.98. The van der Waals surface area contributed by atoms with Crippen molar-refractivity contribution in [1.29, 1.82) is 0 Å². The van der Waals surface area contributed by atoms with E-state index in [0.29, 0.717) is 10.6 Å². The van der Waals surface area contributed by atoms with Gasteiger partial charge in [-0.05, 0) is 30.3 Å². The molecule has 84 valence electrons. The zero-order valence-electron chi connectivity index (χ0n) is 8.87. The van der Waals surface area contributed by atoms with E-state index in [9.17, 15) is 4.39 Å². The van der Waals surface area contributed by atoms with Gasteiger partial charge in [0, 0.05) is 27.2 Å². The Balaban J connectivity index is 2.22. The molecule has 0 unspecified atom stereocenters. The summed E-state index contributed by atoms with van der Waals surface area (Å²) in [4.78, 5) is 3.17. The van der Waals surface area contributed by atoms with E-state index in [4.69, 9.17) is 11.6 Å². The van der Waals surface area contributed by atoms with Crippen LogP contribution in [0.5, 0.6) is 0 Å². The highest BCUT2D eigenvalue weighted by molar-refractivity contribution is 6.31. The van der Waals surface area contributed by atoms with E-state index in [1.54, 1.807) is 12.1 Å². The topological polar surface area (TPSA) is 15.8 Å². The van der Waals surface area contributed by atoms with E-state index in [1.165, 1.54) is 6.07 Å². The second-order valence-corrected chi connectivity index (χ2v) is 4.33. The molecule has 1 nitrogen and oxygen atoms in total. The van der Waals surface area contributed by atoms with Crippen LogP contribution in [-0.2, 0) is 0 Å². The van der Waals surface area contributed by atoms with Crippen LogP contribution >= 0.6 is 11.6 Å². The number of benzene rings is 2. The van der Waals surface area contributed by atoms with Crippen molar-refractivity contribution in [3.8, 4) is 11.3 Å². The molecule has 0 atom stereocenters. The molecule has 0 radical (unpaired) electrons. The van der Waals surface area contributed by atoms with E-state index in [1.807, 2.05) is 30.3 Å². The molecule has 17 heavy (non-hydrogen) atoms. The number of aromatic nitrogens is 1. The fraction of sp³-hybridized carbons (Fsp3) is 0. The first-order valence-corrected chi connectivity index (χ1v) is 5.65. The van der Waals surface area contributed by atoms with Crippen LogP contribution in [0.25, 0.3) is 22.2 Å².